The summed E-state index contributed by atoms with van der Waals surface area (Å²) in [5.74, 6) is 0.672. The maximum Gasteiger partial charge on any atom is 0.137 e. The van der Waals surface area contributed by atoms with Crippen molar-refractivity contribution >= 4 is 11.0 Å². The second-order valence-electron chi connectivity index (χ2n) is 4.67. The molecular weight excluding hydrogens is 198 g/mol. The molecular formula is C13H19N3. The van der Waals surface area contributed by atoms with Gasteiger partial charge in [0, 0.05) is 23.8 Å². The Kier molecular flexibility index (Phi) is 3.25. The van der Waals surface area contributed by atoms with Gasteiger partial charge in [0.25, 0.3) is 0 Å². The van der Waals surface area contributed by atoms with Crippen LogP contribution in [0.5, 0.6) is 0 Å². The lowest BCUT2D eigenvalue weighted by atomic mass is 10.1. The molecule has 3 heteroatoms. The molecule has 0 amide bonds. The number of aromatic amines is 1. The van der Waals surface area contributed by atoms with E-state index in [1.54, 1.807) is 0 Å². The van der Waals surface area contributed by atoms with Gasteiger partial charge in [-0.05, 0) is 37.1 Å². The summed E-state index contributed by atoms with van der Waals surface area (Å²) in [5, 5.41) is 4.74. The molecule has 2 aromatic rings. The quantitative estimate of drug-likeness (QED) is 0.826. The van der Waals surface area contributed by atoms with Gasteiger partial charge in [0.05, 0.1) is 0 Å². The summed E-state index contributed by atoms with van der Waals surface area (Å²) in [5.41, 5.74) is 2.26. The van der Waals surface area contributed by atoms with Crippen molar-refractivity contribution < 1.29 is 0 Å². The average molecular weight is 217 g/mol. The van der Waals surface area contributed by atoms with E-state index in [1.165, 1.54) is 10.9 Å². The molecule has 2 heterocycles. The zero-order valence-electron chi connectivity index (χ0n) is 10.1. The van der Waals surface area contributed by atoms with E-state index in [1.807, 2.05) is 12.3 Å². The Labute approximate surface area is 96.3 Å². The van der Waals surface area contributed by atoms with Gasteiger partial charge in [-0.3, -0.25) is 0 Å². The second kappa shape index (κ2) is 4.66. The highest BCUT2D eigenvalue weighted by Gasteiger charge is 2.11. The van der Waals surface area contributed by atoms with Gasteiger partial charge in [0.2, 0.25) is 0 Å². The number of nitrogens with zero attached hydrogens (tertiary/aromatic N) is 1. The van der Waals surface area contributed by atoms with E-state index in [0.717, 1.165) is 12.2 Å². The van der Waals surface area contributed by atoms with Crippen molar-refractivity contribution in [2.75, 3.05) is 6.54 Å². The van der Waals surface area contributed by atoms with Crippen LogP contribution in [0.15, 0.2) is 24.5 Å². The molecule has 0 bridgehead atoms. The highest BCUT2D eigenvalue weighted by molar-refractivity contribution is 5.79. The van der Waals surface area contributed by atoms with Crippen LogP contribution >= 0.6 is 0 Å². The predicted molar refractivity (Wildman–Crippen MR) is 67.3 cm³/mol. The first-order valence-corrected chi connectivity index (χ1v) is 5.84. The van der Waals surface area contributed by atoms with Gasteiger partial charge in [-0.2, -0.15) is 0 Å². The normalized spacial score (nSPS) is 13.5. The van der Waals surface area contributed by atoms with Gasteiger partial charge in [0.15, 0.2) is 0 Å². The summed E-state index contributed by atoms with van der Waals surface area (Å²) in [6.45, 7) is 7.67. The number of fused-ring (bicyclic) bond motifs is 1. The zero-order valence-corrected chi connectivity index (χ0v) is 10.1. The van der Waals surface area contributed by atoms with Crippen molar-refractivity contribution in [2.24, 2.45) is 5.92 Å². The van der Waals surface area contributed by atoms with Crippen LogP contribution in [0.25, 0.3) is 11.0 Å². The fourth-order valence-electron chi connectivity index (χ4n) is 1.86. The molecule has 0 aliphatic carbocycles. The summed E-state index contributed by atoms with van der Waals surface area (Å²) in [4.78, 5) is 7.50. The van der Waals surface area contributed by atoms with Crippen molar-refractivity contribution in [3.8, 4) is 0 Å². The van der Waals surface area contributed by atoms with Gasteiger partial charge < -0.3 is 10.3 Å². The zero-order chi connectivity index (χ0) is 11.5. The SMILES string of the molecule is CC(C)CNC(C)c1c[nH]c2ncccc12. The monoisotopic (exact) mass is 217 g/mol. The van der Waals surface area contributed by atoms with Crippen molar-refractivity contribution in [3.05, 3.63) is 30.1 Å². The molecule has 0 saturated carbocycles. The summed E-state index contributed by atoms with van der Waals surface area (Å²) in [6, 6.07) is 4.46. The summed E-state index contributed by atoms with van der Waals surface area (Å²) < 4.78 is 0. The number of aromatic nitrogens is 2. The van der Waals surface area contributed by atoms with E-state index in [-0.39, 0.29) is 0 Å². The van der Waals surface area contributed by atoms with E-state index in [9.17, 15) is 0 Å². The molecule has 1 atom stereocenters. The first-order valence-electron chi connectivity index (χ1n) is 5.84. The molecule has 0 saturated heterocycles. The number of hydrogen-bond acceptors (Lipinski definition) is 2. The molecule has 0 aliphatic rings. The Bertz CT molecular complexity index is 459. The van der Waals surface area contributed by atoms with Gasteiger partial charge >= 0.3 is 0 Å². The number of pyridine rings is 1. The smallest absolute Gasteiger partial charge is 0.137 e. The summed E-state index contributed by atoms with van der Waals surface area (Å²) in [6.07, 6.45) is 3.87. The Morgan fingerprint density at radius 1 is 1.38 bits per heavy atom. The number of nitrogens with one attached hydrogen (secondary N) is 2. The minimum atomic E-state index is 0.361. The van der Waals surface area contributed by atoms with Crippen LogP contribution in [-0.4, -0.2) is 16.5 Å². The third-order valence-electron chi connectivity index (χ3n) is 2.78. The van der Waals surface area contributed by atoms with Gasteiger partial charge in [-0.1, -0.05) is 13.8 Å². The highest BCUT2D eigenvalue weighted by atomic mass is 14.9. The van der Waals surface area contributed by atoms with Crippen molar-refractivity contribution in [1.29, 1.82) is 0 Å². The van der Waals surface area contributed by atoms with E-state index >= 15 is 0 Å². The maximum atomic E-state index is 4.30. The van der Waals surface area contributed by atoms with Crippen LogP contribution in [0.2, 0.25) is 0 Å². The van der Waals surface area contributed by atoms with Crippen LogP contribution in [0, 0.1) is 5.92 Å². The number of hydrogen-bond donors (Lipinski definition) is 2. The molecule has 0 fully saturated rings. The minimum Gasteiger partial charge on any atom is -0.346 e. The molecule has 2 N–H and O–H groups in total. The lowest BCUT2D eigenvalue weighted by Crippen LogP contribution is -2.23. The van der Waals surface area contributed by atoms with Crippen LogP contribution in [0.1, 0.15) is 32.4 Å². The van der Waals surface area contributed by atoms with Crippen molar-refractivity contribution in [1.82, 2.24) is 15.3 Å². The molecule has 0 aromatic carbocycles. The summed E-state index contributed by atoms with van der Waals surface area (Å²) in [7, 11) is 0. The molecule has 3 nitrogen and oxygen atoms in total. The van der Waals surface area contributed by atoms with E-state index < -0.39 is 0 Å². The van der Waals surface area contributed by atoms with E-state index in [0.29, 0.717) is 12.0 Å². The number of rotatable bonds is 4. The molecule has 0 aliphatic heterocycles. The van der Waals surface area contributed by atoms with Crippen LogP contribution in [0.4, 0.5) is 0 Å². The summed E-state index contributed by atoms with van der Waals surface area (Å²) >= 11 is 0. The second-order valence-corrected chi connectivity index (χ2v) is 4.67. The fourth-order valence-corrected chi connectivity index (χ4v) is 1.86. The lowest BCUT2D eigenvalue weighted by molar-refractivity contribution is 0.498. The standard InChI is InChI=1S/C13H19N3/c1-9(2)7-15-10(3)12-8-16-13-11(12)5-4-6-14-13/h4-6,8-10,15H,7H2,1-3H3,(H,14,16). The topological polar surface area (TPSA) is 40.7 Å². The average Bonchev–Trinajstić information content (AvgIpc) is 2.69. The highest BCUT2D eigenvalue weighted by Crippen LogP contribution is 2.22. The molecule has 86 valence electrons. The lowest BCUT2D eigenvalue weighted by Gasteiger charge is -2.14. The fraction of sp³-hybridized carbons (Fsp3) is 0.462. The van der Waals surface area contributed by atoms with Gasteiger partial charge in [0.1, 0.15) is 5.65 Å². The van der Waals surface area contributed by atoms with Crippen LogP contribution < -0.4 is 5.32 Å². The molecule has 2 aromatic heterocycles. The molecule has 1 unspecified atom stereocenters. The number of H-pyrrole nitrogens is 1. The largest absolute Gasteiger partial charge is 0.346 e. The Balaban J connectivity index is 2.19. The third kappa shape index (κ3) is 2.25. The van der Waals surface area contributed by atoms with Gasteiger partial charge in [-0.25, -0.2) is 4.98 Å². The Hall–Kier alpha value is -1.35. The minimum absolute atomic E-state index is 0.361. The van der Waals surface area contributed by atoms with E-state index in [2.05, 4.69) is 48.3 Å². The van der Waals surface area contributed by atoms with Crippen LogP contribution in [-0.2, 0) is 0 Å². The van der Waals surface area contributed by atoms with Gasteiger partial charge in [-0.15, -0.1) is 0 Å². The molecule has 2 rings (SSSR count). The first kappa shape index (κ1) is 11.1. The molecule has 16 heavy (non-hydrogen) atoms. The first-order chi connectivity index (χ1) is 7.68. The van der Waals surface area contributed by atoms with Crippen LogP contribution in [0.3, 0.4) is 0 Å². The molecule has 0 spiro atoms. The van der Waals surface area contributed by atoms with Crippen molar-refractivity contribution in [2.45, 2.75) is 26.8 Å². The van der Waals surface area contributed by atoms with Crippen molar-refractivity contribution in [3.63, 3.8) is 0 Å². The maximum absolute atomic E-state index is 4.30. The molecule has 0 radical (unpaired) electrons. The Morgan fingerprint density at radius 2 is 2.19 bits per heavy atom. The van der Waals surface area contributed by atoms with E-state index in [4.69, 9.17) is 0 Å². The Morgan fingerprint density at radius 3 is 2.94 bits per heavy atom. The third-order valence-corrected chi connectivity index (χ3v) is 2.78. The predicted octanol–water partition coefficient (Wildman–Crippen LogP) is 2.87.